The van der Waals surface area contributed by atoms with E-state index in [4.69, 9.17) is 14.6 Å². The number of amides is 1. The van der Waals surface area contributed by atoms with Crippen LogP contribution in [-0.2, 0) is 20.7 Å². The molecular formula is C17H19N3O5S. The summed E-state index contributed by atoms with van der Waals surface area (Å²) in [7, 11) is 1.36. The number of rotatable bonds is 9. The minimum absolute atomic E-state index is 0.145. The smallest absolute Gasteiger partial charge is 0.333 e. The topological polar surface area (TPSA) is 111 Å². The fraction of sp³-hybridized carbons (Fsp3) is 0.412. The van der Waals surface area contributed by atoms with Gasteiger partial charge < -0.3 is 14.6 Å². The Morgan fingerprint density at radius 2 is 2.04 bits per heavy atom. The number of carboxylic acid groups (broad SMARTS) is 1. The van der Waals surface area contributed by atoms with Crippen LogP contribution >= 0.6 is 11.3 Å². The molecule has 0 bridgehead atoms. The summed E-state index contributed by atoms with van der Waals surface area (Å²) in [6.07, 6.45) is 1.64. The highest BCUT2D eigenvalue weighted by molar-refractivity contribution is 7.15. The molecule has 1 atom stereocenters. The van der Waals surface area contributed by atoms with Crippen LogP contribution in [0.3, 0.4) is 0 Å². The number of aromatic nitrogens is 2. The van der Waals surface area contributed by atoms with Crippen LogP contribution in [0.25, 0.3) is 0 Å². The Balaban J connectivity index is 1.46. The number of anilines is 1. The quantitative estimate of drug-likeness (QED) is 0.688. The van der Waals surface area contributed by atoms with Crippen molar-refractivity contribution in [2.24, 2.45) is 0 Å². The summed E-state index contributed by atoms with van der Waals surface area (Å²) in [6.45, 7) is -0.145. The van der Waals surface area contributed by atoms with Gasteiger partial charge in [-0.25, -0.2) is 4.79 Å². The maximum Gasteiger partial charge on any atom is 0.333 e. The van der Waals surface area contributed by atoms with E-state index in [1.807, 2.05) is 0 Å². The first-order valence-corrected chi connectivity index (χ1v) is 8.97. The zero-order valence-corrected chi connectivity index (χ0v) is 15.0. The molecule has 0 radical (unpaired) electrons. The molecule has 1 aromatic heterocycles. The summed E-state index contributed by atoms with van der Waals surface area (Å²) in [5, 5.41) is 21.1. The molecule has 8 nitrogen and oxygen atoms in total. The predicted molar refractivity (Wildman–Crippen MR) is 94.6 cm³/mol. The average molecular weight is 377 g/mol. The average Bonchev–Trinajstić information content (AvgIpc) is 3.38. The third-order valence-corrected chi connectivity index (χ3v) is 4.89. The molecule has 1 aromatic carbocycles. The maximum atomic E-state index is 11.9. The molecule has 0 saturated heterocycles. The Kier molecular flexibility index (Phi) is 5.79. The third kappa shape index (κ3) is 4.99. The van der Waals surface area contributed by atoms with Gasteiger partial charge in [0.2, 0.25) is 5.13 Å². The number of nitrogens with zero attached hydrogens (tertiary/aromatic N) is 2. The van der Waals surface area contributed by atoms with Crippen LogP contribution in [0.1, 0.15) is 29.3 Å². The Hall–Kier alpha value is -2.52. The van der Waals surface area contributed by atoms with E-state index in [2.05, 4.69) is 15.5 Å². The van der Waals surface area contributed by atoms with Crippen molar-refractivity contribution in [1.29, 1.82) is 0 Å². The number of benzene rings is 1. The number of hydrogen-bond donors (Lipinski definition) is 2. The molecule has 0 spiro atoms. The van der Waals surface area contributed by atoms with Crippen molar-refractivity contribution in [2.75, 3.05) is 19.0 Å². The second-order valence-electron chi connectivity index (χ2n) is 5.97. The van der Waals surface area contributed by atoms with Crippen molar-refractivity contribution in [3.63, 3.8) is 0 Å². The fourth-order valence-corrected chi connectivity index (χ4v) is 3.22. The van der Waals surface area contributed by atoms with Gasteiger partial charge in [-0.05, 0) is 30.5 Å². The van der Waals surface area contributed by atoms with E-state index in [9.17, 15) is 9.59 Å². The van der Waals surface area contributed by atoms with Crippen molar-refractivity contribution >= 4 is 28.3 Å². The monoisotopic (exact) mass is 377 g/mol. The molecule has 1 saturated carbocycles. The Morgan fingerprint density at radius 3 is 2.65 bits per heavy atom. The SMILES string of the molecule is CO[C@@H](Cc1ccc(OCC(=O)Nc2nnc(C3CC3)s2)cc1)C(=O)O. The van der Waals surface area contributed by atoms with Crippen LogP contribution in [0.15, 0.2) is 24.3 Å². The molecule has 1 aliphatic carbocycles. The molecule has 2 aromatic rings. The van der Waals surface area contributed by atoms with Gasteiger partial charge in [0.25, 0.3) is 5.91 Å². The lowest BCUT2D eigenvalue weighted by atomic mass is 10.1. The maximum absolute atomic E-state index is 11.9. The lowest BCUT2D eigenvalue weighted by Crippen LogP contribution is -2.24. The number of carbonyl (C=O) groups is 2. The van der Waals surface area contributed by atoms with E-state index >= 15 is 0 Å². The first-order valence-electron chi connectivity index (χ1n) is 8.15. The third-order valence-electron chi connectivity index (χ3n) is 3.89. The van der Waals surface area contributed by atoms with Crippen molar-refractivity contribution in [3.8, 4) is 5.75 Å². The summed E-state index contributed by atoms with van der Waals surface area (Å²) in [6, 6.07) is 6.87. The van der Waals surface area contributed by atoms with Crippen LogP contribution in [0.2, 0.25) is 0 Å². The lowest BCUT2D eigenvalue weighted by molar-refractivity contribution is -0.148. The van der Waals surface area contributed by atoms with Crippen molar-refractivity contribution in [3.05, 3.63) is 34.8 Å². The highest BCUT2D eigenvalue weighted by atomic mass is 32.1. The normalized spacial score (nSPS) is 14.7. The van der Waals surface area contributed by atoms with Gasteiger partial charge in [-0.1, -0.05) is 23.5 Å². The number of hydrogen-bond acceptors (Lipinski definition) is 7. The first-order chi connectivity index (χ1) is 12.5. The van der Waals surface area contributed by atoms with Gasteiger partial charge in [0.1, 0.15) is 10.8 Å². The van der Waals surface area contributed by atoms with Crippen LogP contribution in [0.4, 0.5) is 5.13 Å². The number of carboxylic acids is 1. The van der Waals surface area contributed by atoms with Crippen molar-refractivity contribution < 1.29 is 24.2 Å². The second-order valence-corrected chi connectivity index (χ2v) is 6.98. The van der Waals surface area contributed by atoms with Gasteiger partial charge in [-0.2, -0.15) is 0 Å². The van der Waals surface area contributed by atoms with E-state index in [0.717, 1.165) is 23.4 Å². The summed E-state index contributed by atoms with van der Waals surface area (Å²) in [4.78, 5) is 22.9. The molecule has 138 valence electrons. The summed E-state index contributed by atoms with van der Waals surface area (Å²) < 4.78 is 10.3. The summed E-state index contributed by atoms with van der Waals surface area (Å²) >= 11 is 1.40. The van der Waals surface area contributed by atoms with E-state index in [1.165, 1.54) is 18.4 Å². The largest absolute Gasteiger partial charge is 0.484 e. The van der Waals surface area contributed by atoms with Gasteiger partial charge in [0.05, 0.1) is 0 Å². The standard InChI is InChI=1S/C17H19N3O5S/c1-24-13(16(22)23)8-10-2-6-12(7-3-10)25-9-14(21)18-17-20-19-15(26-17)11-4-5-11/h2-3,6-7,11,13H,4-5,8-9H2,1H3,(H,22,23)(H,18,20,21)/t13-/m0/s1. The number of methoxy groups -OCH3 is 1. The van der Waals surface area contributed by atoms with Crippen molar-refractivity contribution in [2.45, 2.75) is 31.3 Å². The summed E-state index contributed by atoms with van der Waals surface area (Å²) in [5.74, 6) is -0.292. The predicted octanol–water partition coefficient (Wildman–Crippen LogP) is 2.08. The molecule has 26 heavy (non-hydrogen) atoms. The zero-order chi connectivity index (χ0) is 18.5. The molecule has 0 unspecified atom stereocenters. The minimum Gasteiger partial charge on any atom is -0.484 e. The molecule has 2 N–H and O–H groups in total. The Labute approximate surface area is 154 Å². The van der Waals surface area contributed by atoms with Gasteiger partial charge in [-0.15, -0.1) is 10.2 Å². The Morgan fingerprint density at radius 1 is 1.31 bits per heavy atom. The molecule has 1 aliphatic rings. The lowest BCUT2D eigenvalue weighted by Gasteiger charge is -2.11. The van der Waals surface area contributed by atoms with Gasteiger partial charge >= 0.3 is 5.97 Å². The molecule has 1 heterocycles. The molecule has 1 fully saturated rings. The van der Waals surface area contributed by atoms with Crippen LogP contribution in [0.5, 0.6) is 5.75 Å². The highest BCUT2D eigenvalue weighted by Gasteiger charge is 2.27. The number of ether oxygens (including phenoxy) is 2. The van der Waals surface area contributed by atoms with Crippen molar-refractivity contribution in [1.82, 2.24) is 10.2 Å². The van der Waals surface area contributed by atoms with E-state index in [-0.39, 0.29) is 18.9 Å². The zero-order valence-electron chi connectivity index (χ0n) is 14.2. The Bertz CT molecular complexity index is 773. The summed E-state index contributed by atoms with van der Waals surface area (Å²) in [5.41, 5.74) is 0.803. The van der Waals surface area contributed by atoms with E-state index in [0.29, 0.717) is 16.8 Å². The highest BCUT2D eigenvalue weighted by Crippen LogP contribution is 2.41. The molecule has 0 aliphatic heterocycles. The number of carbonyl (C=O) groups excluding carboxylic acids is 1. The van der Waals surface area contributed by atoms with Gasteiger partial charge in [0.15, 0.2) is 12.7 Å². The molecule has 3 rings (SSSR count). The number of aliphatic carboxylic acids is 1. The van der Waals surface area contributed by atoms with E-state index in [1.54, 1.807) is 24.3 Å². The number of nitrogens with one attached hydrogen (secondary N) is 1. The van der Waals surface area contributed by atoms with Crippen LogP contribution in [0, 0.1) is 0 Å². The minimum atomic E-state index is -1.01. The van der Waals surface area contributed by atoms with Gasteiger partial charge in [0, 0.05) is 19.4 Å². The van der Waals surface area contributed by atoms with E-state index < -0.39 is 12.1 Å². The van der Waals surface area contributed by atoms with Gasteiger partial charge in [-0.3, -0.25) is 10.1 Å². The molecule has 1 amide bonds. The molecule has 9 heteroatoms. The second kappa shape index (κ2) is 8.24. The fourth-order valence-electron chi connectivity index (χ4n) is 2.29. The molecular weight excluding hydrogens is 358 g/mol. The first kappa shape index (κ1) is 18.3. The van der Waals surface area contributed by atoms with Crippen LogP contribution in [-0.4, -0.2) is 47.0 Å². The van der Waals surface area contributed by atoms with Crippen LogP contribution < -0.4 is 10.1 Å².